The average Bonchev–Trinajstić information content (AvgIpc) is 2.94. The molecule has 0 spiro atoms. The molecule has 0 saturated heterocycles. The Hall–Kier alpha value is -4.83. The molecule has 0 aliphatic heterocycles. The summed E-state index contributed by atoms with van der Waals surface area (Å²) in [5.74, 6) is 0.680. The van der Waals surface area contributed by atoms with Crippen LogP contribution in [-0.2, 0) is 0 Å². The molecular formula is C31H21N3O. The van der Waals surface area contributed by atoms with E-state index in [-0.39, 0.29) is 5.43 Å². The number of rotatable bonds is 4. The predicted molar refractivity (Wildman–Crippen MR) is 142 cm³/mol. The molecular weight excluding hydrogens is 430 g/mol. The van der Waals surface area contributed by atoms with E-state index < -0.39 is 0 Å². The van der Waals surface area contributed by atoms with Gasteiger partial charge in [0.2, 0.25) is 0 Å². The zero-order chi connectivity index (χ0) is 23.6. The smallest absolute Gasteiger partial charge is 0.189 e. The van der Waals surface area contributed by atoms with Gasteiger partial charge in [-0.3, -0.25) is 4.79 Å². The lowest BCUT2D eigenvalue weighted by molar-refractivity contribution is 1.18. The Balaban J connectivity index is 1.42. The van der Waals surface area contributed by atoms with E-state index in [0.717, 1.165) is 44.7 Å². The standard InChI is InChI=1S/C31H21N3O/c35-30-17-18-32-29-19-25(15-16-26(29)30)21-11-13-24(14-12-21)31-33-27(22-7-3-1-4-8-22)20-28(34-31)23-9-5-2-6-10-23/h1-20H,(H,32,35). The van der Waals surface area contributed by atoms with Gasteiger partial charge in [0.1, 0.15) is 0 Å². The molecule has 2 aromatic heterocycles. The van der Waals surface area contributed by atoms with Crippen LogP contribution in [0.3, 0.4) is 0 Å². The van der Waals surface area contributed by atoms with Crippen molar-refractivity contribution in [1.82, 2.24) is 15.0 Å². The number of nitrogens with zero attached hydrogens (tertiary/aromatic N) is 2. The summed E-state index contributed by atoms with van der Waals surface area (Å²) in [5.41, 5.74) is 7.76. The average molecular weight is 452 g/mol. The molecule has 2 heterocycles. The van der Waals surface area contributed by atoms with Gasteiger partial charge in [0, 0.05) is 39.9 Å². The largest absolute Gasteiger partial charge is 0.361 e. The fourth-order valence-electron chi connectivity index (χ4n) is 4.26. The van der Waals surface area contributed by atoms with Crippen molar-refractivity contribution in [3.8, 4) is 45.0 Å². The number of hydrogen-bond acceptors (Lipinski definition) is 3. The van der Waals surface area contributed by atoms with E-state index in [0.29, 0.717) is 11.2 Å². The van der Waals surface area contributed by atoms with E-state index in [9.17, 15) is 4.79 Å². The predicted octanol–water partition coefficient (Wildman–Crippen LogP) is 6.99. The first-order valence-corrected chi connectivity index (χ1v) is 11.5. The lowest BCUT2D eigenvalue weighted by Gasteiger charge is -2.10. The number of hydrogen-bond donors (Lipinski definition) is 1. The number of H-pyrrole nitrogens is 1. The second-order valence-corrected chi connectivity index (χ2v) is 8.37. The van der Waals surface area contributed by atoms with Crippen LogP contribution in [0.5, 0.6) is 0 Å². The second kappa shape index (κ2) is 8.84. The van der Waals surface area contributed by atoms with Gasteiger partial charge in [0.05, 0.1) is 11.4 Å². The van der Waals surface area contributed by atoms with Crippen LogP contribution in [0.4, 0.5) is 0 Å². The number of pyridine rings is 1. The van der Waals surface area contributed by atoms with Gasteiger partial charge in [-0.1, -0.05) is 91.0 Å². The molecule has 1 N–H and O–H groups in total. The van der Waals surface area contributed by atoms with Crippen molar-refractivity contribution in [2.24, 2.45) is 0 Å². The van der Waals surface area contributed by atoms with Crippen molar-refractivity contribution in [1.29, 1.82) is 0 Å². The Morgan fingerprint density at radius 2 is 1.09 bits per heavy atom. The zero-order valence-electron chi connectivity index (χ0n) is 18.8. The third kappa shape index (κ3) is 4.13. The van der Waals surface area contributed by atoms with Gasteiger partial charge in [-0.2, -0.15) is 0 Å². The molecule has 0 saturated carbocycles. The molecule has 0 fully saturated rings. The molecule has 4 aromatic carbocycles. The highest BCUT2D eigenvalue weighted by atomic mass is 16.1. The van der Waals surface area contributed by atoms with Gasteiger partial charge < -0.3 is 4.98 Å². The van der Waals surface area contributed by atoms with Gasteiger partial charge in [0.15, 0.2) is 11.3 Å². The highest BCUT2D eigenvalue weighted by Crippen LogP contribution is 2.29. The molecule has 0 aliphatic carbocycles. The minimum atomic E-state index is 0.0188. The molecule has 6 aromatic rings. The summed E-state index contributed by atoms with van der Waals surface area (Å²) in [6, 6.07) is 38.0. The number of aromatic amines is 1. The van der Waals surface area contributed by atoms with Crippen LogP contribution in [0.15, 0.2) is 126 Å². The topological polar surface area (TPSA) is 58.6 Å². The molecule has 4 heteroatoms. The first kappa shape index (κ1) is 20.8. The van der Waals surface area contributed by atoms with Crippen LogP contribution in [0.25, 0.3) is 55.9 Å². The first-order valence-electron chi connectivity index (χ1n) is 11.5. The van der Waals surface area contributed by atoms with Crippen molar-refractivity contribution in [3.63, 3.8) is 0 Å². The maximum Gasteiger partial charge on any atom is 0.189 e. The summed E-state index contributed by atoms with van der Waals surface area (Å²) < 4.78 is 0. The van der Waals surface area contributed by atoms with Gasteiger partial charge >= 0.3 is 0 Å². The van der Waals surface area contributed by atoms with E-state index in [4.69, 9.17) is 9.97 Å². The summed E-state index contributed by atoms with van der Waals surface area (Å²) in [7, 11) is 0. The molecule has 0 atom stereocenters. The molecule has 0 radical (unpaired) electrons. The van der Waals surface area contributed by atoms with Crippen LogP contribution < -0.4 is 5.43 Å². The van der Waals surface area contributed by atoms with Crippen LogP contribution >= 0.6 is 0 Å². The summed E-state index contributed by atoms with van der Waals surface area (Å²) in [6.45, 7) is 0. The lowest BCUT2D eigenvalue weighted by atomic mass is 10.0. The second-order valence-electron chi connectivity index (χ2n) is 8.37. The van der Waals surface area contributed by atoms with Gasteiger partial charge in [-0.25, -0.2) is 9.97 Å². The van der Waals surface area contributed by atoms with E-state index in [2.05, 4.69) is 41.4 Å². The van der Waals surface area contributed by atoms with E-state index in [1.165, 1.54) is 0 Å². The Kier molecular flexibility index (Phi) is 5.24. The molecule has 4 nitrogen and oxygen atoms in total. The molecule has 0 aliphatic rings. The number of benzene rings is 4. The molecule has 0 amide bonds. The van der Waals surface area contributed by atoms with Crippen molar-refractivity contribution in [2.45, 2.75) is 0 Å². The third-order valence-corrected chi connectivity index (χ3v) is 6.10. The van der Waals surface area contributed by atoms with E-state index in [1.807, 2.05) is 72.8 Å². The van der Waals surface area contributed by atoms with Crippen LogP contribution in [0.2, 0.25) is 0 Å². The van der Waals surface area contributed by atoms with Gasteiger partial charge in [-0.05, 0) is 29.3 Å². The van der Waals surface area contributed by atoms with Crippen molar-refractivity contribution < 1.29 is 0 Å². The fourth-order valence-corrected chi connectivity index (χ4v) is 4.26. The number of aromatic nitrogens is 3. The Bertz CT molecular complexity index is 1630. The number of fused-ring (bicyclic) bond motifs is 1. The molecule has 166 valence electrons. The minimum Gasteiger partial charge on any atom is -0.361 e. The van der Waals surface area contributed by atoms with Crippen molar-refractivity contribution in [3.05, 3.63) is 132 Å². The highest BCUT2D eigenvalue weighted by molar-refractivity contribution is 5.84. The fraction of sp³-hybridized carbons (Fsp3) is 0. The van der Waals surface area contributed by atoms with Crippen LogP contribution in [0, 0.1) is 0 Å². The molecule has 6 rings (SSSR count). The quantitative estimate of drug-likeness (QED) is 0.314. The summed E-state index contributed by atoms with van der Waals surface area (Å²) in [6.07, 6.45) is 1.68. The van der Waals surface area contributed by atoms with Gasteiger partial charge in [0.25, 0.3) is 0 Å². The lowest BCUT2D eigenvalue weighted by Crippen LogP contribution is -1.99. The van der Waals surface area contributed by atoms with Crippen LogP contribution in [-0.4, -0.2) is 15.0 Å². The van der Waals surface area contributed by atoms with E-state index in [1.54, 1.807) is 12.3 Å². The Labute approximate surface area is 202 Å². The molecule has 0 bridgehead atoms. The molecule has 35 heavy (non-hydrogen) atoms. The first-order chi connectivity index (χ1) is 17.2. The Morgan fingerprint density at radius 1 is 0.514 bits per heavy atom. The van der Waals surface area contributed by atoms with Gasteiger partial charge in [-0.15, -0.1) is 0 Å². The monoisotopic (exact) mass is 451 g/mol. The SMILES string of the molecule is O=c1cc[nH]c2cc(-c3ccc(-c4nc(-c5ccccc5)cc(-c5ccccc5)n4)cc3)ccc12. The Morgan fingerprint density at radius 3 is 1.71 bits per heavy atom. The summed E-state index contributed by atoms with van der Waals surface area (Å²) in [4.78, 5) is 25.0. The van der Waals surface area contributed by atoms with Crippen molar-refractivity contribution in [2.75, 3.05) is 0 Å². The van der Waals surface area contributed by atoms with Crippen molar-refractivity contribution >= 4 is 10.9 Å². The normalized spacial score (nSPS) is 11.0. The number of nitrogens with one attached hydrogen (secondary N) is 1. The summed E-state index contributed by atoms with van der Waals surface area (Å²) in [5, 5.41) is 0.687. The zero-order valence-corrected chi connectivity index (χ0v) is 18.8. The molecule has 0 unspecified atom stereocenters. The highest BCUT2D eigenvalue weighted by Gasteiger charge is 2.11. The maximum absolute atomic E-state index is 12.1. The van der Waals surface area contributed by atoms with Crippen LogP contribution in [0.1, 0.15) is 0 Å². The third-order valence-electron chi connectivity index (χ3n) is 6.10. The maximum atomic E-state index is 12.1. The van der Waals surface area contributed by atoms with E-state index >= 15 is 0 Å². The summed E-state index contributed by atoms with van der Waals surface area (Å²) >= 11 is 0. The minimum absolute atomic E-state index is 0.0188.